The van der Waals surface area contributed by atoms with Crippen molar-refractivity contribution in [2.24, 2.45) is 5.41 Å². The van der Waals surface area contributed by atoms with Crippen LogP contribution in [0.2, 0.25) is 0 Å². The van der Waals surface area contributed by atoms with Crippen LogP contribution in [-0.2, 0) is 11.2 Å². The van der Waals surface area contributed by atoms with Gasteiger partial charge in [0.2, 0.25) is 5.91 Å². The maximum atomic E-state index is 13.1. The zero-order valence-electron chi connectivity index (χ0n) is 16.0. The van der Waals surface area contributed by atoms with Gasteiger partial charge in [-0.05, 0) is 71.8 Å². The SMILES string of the molecule is CC(C)=CC[C@@]1(C(=O)NCCCc2c(C)n[nH]c2C)C[C@@H]2CC[C@H]1N2. The summed E-state index contributed by atoms with van der Waals surface area (Å²) in [7, 11) is 0. The topological polar surface area (TPSA) is 69.8 Å². The standard InChI is InChI=1S/C20H32N4O/c1-13(2)9-10-20(12-16-7-8-18(20)22-16)19(25)21-11-5-6-17-14(3)23-24-15(17)4/h9,16,18,22H,5-8,10-12H2,1-4H3,(H,21,25)(H,23,24)/t16-,18+,20+/m0/s1. The highest BCUT2D eigenvalue weighted by Gasteiger charge is 2.54. The van der Waals surface area contributed by atoms with Crippen molar-refractivity contribution >= 4 is 5.91 Å². The third kappa shape index (κ3) is 3.66. The Morgan fingerprint density at radius 2 is 2.16 bits per heavy atom. The Hall–Kier alpha value is -1.62. The Morgan fingerprint density at radius 3 is 2.72 bits per heavy atom. The number of aromatic amines is 1. The molecule has 25 heavy (non-hydrogen) atoms. The molecule has 1 aromatic rings. The van der Waals surface area contributed by atoms with Crippen LogP contribution in [0.15, 0.2) is 11.6 Å². The lowest BCUT2D eigenvalue weighted by Crippen LogP contribution is -2.48. The number of hydrogen-bond donors (Lipinski definition) is 3. The van der Waals surface area contributed by atoms with E-state index in [9.17, 15) is 4.79 Å². The quantitative estimate of drug-likeness (QED) is 0.526. The van der Waals surface area contributed by atoms with Gasteiger partial charge >= 0.3 is 0 Å². The summed E-state index contributed by atoms with van der Waals surface area (Å²) < 4.78 is 0. The number of aromatic nitrogens is 2. The van der Waals surface area contributed by atoms with Crippen LogP contribution < -0.4 is 10.6 Å². The molecule has 3 rings (SSSR count). The van der Waals surface area contributed by atoms with E-state index in [1.807, 2.05) is 6.92 Å². The highest BCUT2D eigenvalue weighted by molar-refractivity contribution is 5.84. The molecule has 138 valence electrons. The molecule has 2 saturated heterocycles. The number of aryl methyl sites for hydroxylation is 2. The highest BCUT2D eigenvalue weighted by atomic mass is 16.2. The fraction of sp³-hybridized carbons (Fsp3) is 0.700. The van der Waals surface area contributed by atoms with E-state index < -0.39 is 0 Å². The van der Waals surface area contributed by atoms with Gasteiger partial charge in [0.1, 0.15) is 0 Å². The number of carbonyl (C=O) groups excluding carboxylic acids is 1. The summed E-state index contributed by atoms with van der Waals surface area (Å²) in [6.45, 7) is 9.05. The average Bonchev–Trinajstić information content (AvgIpc) is 3.26. The minimum atomic E-state index is -0.248. The summed E-state index contributed by atoms with van der Waals surface area (Å²) in [5, 5.41) is 14.2. The summed E-state index contributed by atoms with van der Waals surface area (Å²) in [5.74, 6) is 0.241. The first-order chi connectivity index (χ1) is 11.9. The molecule has 0 aliphatic carbocycles. The molecule has 3 atom stereocenters. The van der Waals surface area contributed by atoms with Crippen LogP contribution in [0, 0.1) is 19.3 Å². The lowest BCUT2D eigenvalue weighted by molar-refractivity contribution is -0.132. The third-order valence-corrected chi connectivity index (χ3v) is 6.01. The van der Waals surface area contributed by atoms with Crippen LogP contribution in [0.3, 0.4) is 0 Å². The molecule has 1 amide bonds. The molecule has 2 aliphatic rings. The normalized spacial score (nSPS) is 27.5. The smallest absolute Gasteiger partial charge is 0.228 e. The molecular weight excluding hydrogens is 312 g/mol. The van der Waals surface area contributed by atoms with E-state index in [4.69, 9.17) is 0 Å². The number of hydrogen-bond acceptors (Lipinski definition) is 3. The number of nitrogens with zero attached hydrogens (tertiary/aromatic N) is 1. The maximum absolute atomic E-state index is 13.1. The first kappa shape index (κ1) is 18.2. The van der Waals surface area contributed by atoms with Crippen molar-refractivity contribution in [2.45, 2.75) is 78.3 Å². The van der Waals surface area contributed by atoms with Gasteiger partial charge < -0.3 is 10.6 Å². The number of allylic oxidation sites excluding steroid dienone is 2. The van der Waals surface area contributed by atoms with Crippen LogP contribution in [0.5, 0.6) is 0 Å². The number of nitrogens with one attached hydrogen (secondary N) is 3. The van der Waals surface area contributed by atoms with Crippen molar-refractivity contribution in [3.8, 4) is 0 Å². The molecule has 0 aromatic carbocycles. The Bertz CT molecular complexity index is 639. The number of H-pyrrole nitrogens is 1. The van der Waals surface area contributed by atoms with Gasteiger partial charge in [-0.3, -0.25) is 9.89 Å². The van der Waals surface area contributed by atoms with Crippen molar-refractivity contribution in [2.75, 3.05) is 6.54 Å². The molecule has 0 radical (unpaired) electrons. The van der Waals surface area contributed by atoms with Crippen molar-refractivity contribution in [3.63, 3.8) is 0 Å². The van der Waals surface area contributed by atoms with Crippen molar-refractivity contribution in [1.82, 2.24) is 20.8 Å². The number of amides is 1. The van der Waals surface area contributed by atoms with E-state index >= 15 is 0 Å². The van der Waals surface area contributed by atoms with Gasteiger partial charge in [-0.25, -0.2) is 0 Å². The van der Waals surface area contributed by atoms with Gasteiger partial charge in [0, 0.05) is 24.3 Å². The largest absolute Gasteiger partial charge is 0.356 e. The molecule has 0 spiro atoms. The summed E-state index contributed by atoms with van der Waals surface area (Å²) in [5.41, 5.74) is 4.54. The van der Waals surface area contributed by atoms with Gasteiger partial charge in [-0.1, -0.05) is 11.6 Å². The lowest BCUT2D eigenvalue weighted by Gasteiger charge is -2.34. The van der Waals surface area contributed by atoms with Crippen molar-refractivity contribution in [3.05, 3.63) is 28.6 Å². The first-order valence-electron chi connectivity index (χ1n) is 9.60. The molecule has 2 bridgehead atoms. The fourth-order valence-corrected chi connectivity index (χ4v) is 4.54. The Kier molecular flexibility index (Phi) is 5.32. The highest BCUT2D eigenvalue weighted by Crippen LogP contribution is 2.46. The molecule has 2 aliphatic heterocycles. The first-order valence-corrected chi connectivity index (χ1v) is 9.60. The van der Waals surface area contributed by atoms with Crippen molar-refractivity contribution < 1.29 is 4.79 Å². The molecule has 3 N–H and O–H groups in total. The zero-order valence-corrected chi connectivity index (χ0v) is 16.0. The maximum Gasteiger partial charge on any atom is 0.228 e. The monoisotopic (exact) mass is 344 g/mol. The van der Waals surface area contributed by atoms with Gasteiger partial charge in [0.25, 0.3) is 0 Å². The van der Waals surface area contributed by atoms with E-state index in [1.54, 1.807) is 0 Å². The minimum Gasteiger partial charge on any atom is -0.356 e. The van der Waals surface area contributed by atoms with Crippen LogP contribution >= 0.6 is 0 Å². The minimum absolute atomic E-state index is 0.241. The predicted molar refractivity (Wildman–Crippen MR) is 100 cm³/mol. The number of rotatable bonds is 7. The van der Waals surface area contributed by atoms with Gasteiger partial charge in [-0.15, -0.1) is 0 Å². The van der Waals surface area contributed by atoms with E-state index in [1.165, 1.54) is 17.6 Å². The molecule has 3 heterocycles. The van der Waals surface area contributed by atoms with Crippen LogP contribution in [0.4, 0.5) is 0 Å². The Labute approximate surface area is 151 Å². The number of carbonyl (C=O) groups is 1. The van der Waals surface area contributed by atoms with E-state index in [0.717, 1.165) is 50.0 Å². The molecule has 5 heteroatoms. The third-order valence-electron chi connectivity index (χ3n) is 6.01. The average molecular weight is 345 g/mol. The second kappa shape index (κ2) is 7.32. The lowest BCUT2D eigenvalue weighted by atomic mass is 9.70. The molecule has 0 unspecified atom stereocenters. The second-order valence-electron chi connectivity index (χ2n) is 8.11. The Morgan fingerprint density at radius 1 is 1.36 bits per heavy atom. The van der Waals surface area contributed by atoms with Crippen LogP contribution in [0.1, 0.15) is 62.9 Å². The second-order valence-corrected chi connectivity index (χ2v) is 8.11. The van der Waals surface area contributed by atoms with E-state index in [2.05, 4.69) is 47.7 Å². The van der Waals surface area contributed by atoms with Crippen molar-refractivity contribution in [1.29, 1.82) is 0 Å². The van der Waals surface area contributed by atoms with E-state index in [0.29, 0.717) is 12.1 Å². The molecule has 2 fully saturated rings. The van der Waals surface area contributed by atoms with Gasteiger partial charge in [0.15, 0.2) is 0 Å². The van der Waals surface area contributed by atoms with Gasteiger partial charge in [-0.2, -0.15) is 5.10 Å². The van der Waals surface area contributed by atoms with Gasteiger partial charge in [0.05, 0.1) is 11.1 Å². The predicted octanol–water partition coefficient (Wildman–Crippen LogP) is 2.94. The number of fused-ring (bicyclic) bond motifs is 2. The molecule has 1 aromatic heterocycles. The Balaban J connectivity index is 1.57. The summed E-state index contributed by atoms with van der Waals surface area (Å²) in [6, 6.07) is 0.865. The fourth-order valence-electron chi connectivity index (χ4n) is 4.54. The van der Waals surface area contributed by atoms with Crippen LogP contribution in [-0.4, -0.2) is 34.7 Å². The summed E-state index contributed by atoms with van der Waals surface area (Å²) in [4.78, 5) is 13.1. The molecule has 5 nitrogen and oxygen atoms in total. The molecular formula is C20H32N4O. The summed E-state index contributed by atoms with van der Waals surface area (Å²) in [6.07, 6.45) is 8.32. The van der Waals surface area contributed by atoms with Crippen LogP contribution in [0.25, 0.3) is 0 Å². The summed E-state index contributed by atoms with van der Waals surface area (Å²) >= 11 is 0. The van der Waals surface area contributed by atoms with E-state index in [-0.39, 0.29) is 11.3 Å². The molecule has 0 saturated carbocycles. The zero-order chi connectivity index (χ0) is 18.0.